The molecule has 0 heterocycles. The molecule has 0 aliphatic rings. The smallest absolute Gasteiger partial charge is 0.258 e. The number of carbonyl (C=O) groups is 2. The molecular weight excluding hydrogens is 311 g/mol. The predicted octanol–water partition coefficient (Wildman–Crippen LogP) is 2.60. The van der Waals surface area contributed by atoms with Crippen LogP contribution in [0.2, 0.25) is 5.02 Å². The summed E-state index contributed by atoms with van der Waals surface area (Å²) in [5.74, 6) is -1.45. The van der Waals surface area contributed by atoms with Crippen molar-refractivity contribution >= 4 is 29.1 Å². The highest BCUT2D eigenvalue weighted by Gasteiger charge is 2.12. The molecule has 0 aliphatic heterocycles. The molecule has 3 N–H and O–H groups in total. The maximum absolute atomic E-state index is 13.6. The van der Waals surface area contributed by atoms with Gasteiger partial charge in [0.25, 0.3) is 11.8 Å². The molecule has 0 aliphatic carbocycles. The van der Waals surface area contributed by atoms with Gasteiger partial charge in [0, 0.05) is 10.7 Å². The van der Waals surface area contributed by atoms with Crippen molar-refractivity contribution in [3.63, 3.8) is 0 Å². The van der Waals surface area contributed by atoms with Crippen molar-refractivity contribution in [2.24, 2.45) is 5.73 Å². The van der Waals surface area contributed by atoms with E-state index in [1.807, 2.05) is 0 Å². The Hall–Kier alpha value is -2.60. The number of halogens is 2. The first kappa shape index (κ1) is 15.8. The molecule has 0 saturated carbocycles. The van der Waals surface area contributed by atoms with Crippen molar-refractivity contribution in [2.45, 2.75) is 0 Å². The number of anilines is 1. The molecule has 2 rings (SSSR count). The fourth-order valence-corrected chi connectivity index (χ4v) is 1.83. The Balaban J connectivity index is 2.05. The Morgan fingerprint density at radius 2 is 1.86 bits per heavy atom. The van der Waals surface area contributed by atoms with E-state index in [0.29, 0.717) is 11.4 Å². The van der Waals surface area contributed by atoms with Crippen molar-refractivity contribution in [1.82, 2.24) is 0 Å². The molecule has 0 saturated heterocycles. The molecule has 2 amide bonds. The second-order valence-electron chi connectivity index (χ2n) is 4.36. The Kier molecular flexibility index (Phi) is 4.95. The van der Waals surface area contributed by atoms with Gasteiger partial charge in [-0.3, -0.25) is 9.59 Å². The lowest BCUT2D eigenvalue weighted by Gasteiger charge is -2.08. The number of primary amides is 1. The Morgan fingerprint density at radius 3 is 2.50 bits per heavy atom. The molecular formula is C15H12ClFN2O3. The van der Waals surface area contributed by atoms with Crippen LogP contribution in [0.5, 0.6) is 5.75 Å². The first-order chi connectivity index (χ1) is 10.5. The van der Waals surface area contributed by atoms with Crippen LogP contribution in [0.15, 0.2) is 42.5 Å². The highest BCUT2D eigenvalue weighted by Crippen LogP contribution is 2.19. The van der Waals surface area contributed by atoms with Crippen molar-refractivity contribution in [2.75, 3.05) is 11.9 Å². The van der Waals surface area contributed by atoms with Gasteiger partial charge < -0.3 is 15.8 Å². The molecule has 114 valence electrons. The van der Waals surface area contributed by atoms with Gasteiger partial charge in [0.05, 0.1) is 5.56 Å². The van der Waals surface area contributed by atoms with Gasteiger partial charge in [0.15, 0.2) is 6.61 Å². The van der Waals surface area contributed by atoms with Crippen LogP contribution in [0, 0.1) is 5.82 Å². The largest absolute Gasteiger partial charge is 0.484 e. The zero-order valence-electron chi connectivity index (χ0n) is 11.3. The molecule has 2 aromatic carbocycles. The topological polar surface area (TPSA) is 81.4 Å². The van der Waals surface area contributed by atoms with Crippen molar-refractivity contribution in [3.05, 3.63) is 58.9 Å². The molecule has 5 nitrogen and oxygen atoms in total. The molecule has 22 heavy (non-hydrogen) atoms. The van der Waals surface area contributed by atoms with Crippen LogP contribution in [-0.4, -0.2) is 18.4 Å². The Labute approximate surface area is 130 Å². The summed E-state index contributed by atoms with van der Waals surface area (Å²) >= 11 is 5.74. The van der Waals surface area contributed by atoms with Gasteiger partial charge in [-0.15, -0.1) is 0 Å². The highest BCUT2D eigenvalue weighted by atomic mass is 35.5. The van der Waals surface area contributed by atoms with Gasteiger partial charge in [-0.05, 0) is 42.5 Å². The van der Waals surface area contributed by atoms with Gasteiger partial charge in [0.1, 0.15) is 11.6 Å². The summed E-state index contributed by atoms with van der Waals surface area (Å²) in [4.78, 5) is 22.6. The molecule has 0 aromatic heterocycles. The van der Waals surface area contributed by atoms with Gasteiger partial charge in [-0.25, -0.2) is 4.39 Å². The standard InChI is InChI=1S/C15H12ClFN2O3/c16-9-1-6-13(17)12(7-9)15(21)19-10-2-4-11(5-3-10)22-8-14(18)20/h1-7H,8H2,(H2,18,20)(H,19,21). The summed E-state index contributed by atoms with van der Waals surface area (Å²) in [5.41, 5.74) is 5.25. The number of ether oxygens (including phenoxy) is 1. The number of carbonyl (C=O) groups excluding carboxylic acids is 2. The van der Waals surface area contributed by atoms with Crippen LogP contribution in [0.4, 0.5) is 10.1 Å². The molecule has 0 unspecified atom stereocenters. The van der Waals surface area contributed by atoms with Crippen molar-refractivity contribution in [1.29, 1.82) is 0 Å². The molecule has 0 atom stereocenters. The average Bonchev–Trinajstić information content (AvgIpc) is 2.49. The molecule has 0 spiro atoms. The van der Waals surface area contributed by atoms with Crippen LogP contribution in [0.3, 0.4) is 0 Å². The number of hydrogen-bond acceptors (Lipinski definition) is 3. The van der Waals surface area contributed by atoms with Crippen molar-refractivity contribution < 1.29 is 18.7 Å². The van der Waals surface area contributed by atoms with Crippen LogP contribution in [-0.2, 0) is 4.79 Å². The number of hydrogen-bond donors (Lipinski definition) is 2. The van der Waals surface area contributed by atoms with Crippen molar-refractivity contribution in [3.8, 4) is 5.75 Å². The third kappa shape index (κ3) is 4.20. The lowest BCUT2D eigenvalue weighted by Crippen LogP contribution is -2.20. The number of amides is 2. The first-order valence-electron chi connectivity index (χ1n) is 6.23. The summed E-state index contributed by atoms with van der Waals surface area (Å²) < 4.78 is 18.7. The number of nitrogens with two attached hydrogens (primary N) is 1. The van der Waals surface area contributed by atoms with Crippen LogP contribution in [0.25, 0.3) is 0 Å². The summed E-state index contributed by atoms with van der Waals surface area (Å²) in [7, 11) is 0. The molecule has 2 aromatic rings. The van der Waals surface area contributed by atoms with Gasteiger partial charge >= 0.3 is 0 Å². The average molecular weight is 323 g/mol. The summed E-state index contributed by atoms with van der Waals surface area (Å²) in [5, 5.41) is 2.80. The monoisotopic (exact) mass is 322 g/mol. The van der Waals surface area contributed by atoms with E-state index >= 15 is 0 Å². The molecule has 0 bridgehead atoms. The minimum atomic E-state index is -0.664. The Bertz CT molecular complexity index is 704. The first-order valence-corrected chi connectivity index (χ1v) is 6.61. The minimum Gasteiger partial charge on any atom is -0.484 e. The quantitative estimate of drug-likeness (QED) is 0.887. The van der Waals surface area contributed by atoms with E-state index in [-0.39, 0.29) is 17.2 Å². The van der Waals surface area contributed by atoms with Crippen LogP contribution >= 0.6 is 11.6 Å². The zero-order valence-corrected chi connectivity index (χ0v) is 12.1. The predicted molar refractivity (Wildman–Crippen MR) is 80.5 cm³/mol. The second-order valence-corrected chi connectivity index (χ2v) is 4.79. The number of nitrogens with one attached hydrogen (secondary N) is 1. The van der Waals surface area contributed by atoms with E-state index in [4.69, 9.17) is 22.1 Å². The number of rotatable bonds is 5. The number of benzene rings is 2. The Morgan fingerprint density at radius 1 is 1.18 bits per heavy atom. The summed E-state index contributed by atoms with van der Waals surface area (Å²) in [6.45, 7) is -0.237. The molecule has 0 radical (unpaired) electrons. The fraction of sp³-hybridized carbons (Fsp3) is 0.0667. The fourth-order valence-electron chi connectivity index (χ4n) is 1.66. The van der Waals surface area contributed by atoms with Gasteiger partial charge in [0.2, 0.25) is 0 Å². The van der Waals surface area contributed by atoms with E-state index < -0.39 is 17.6 Å². The van der Waals surface area contributed by atoms with E-state index in [0.717, 1.165) is 6.07 Å². The lowest BCUT2D eigenvalue weighted by molar-refractivity contribution is -0.119. The van der Waals surface area contributed by atoms with E-state index in [1.165, 1.54) is 12.1 Å². The summed E-state index contributed by atoms with van der Waals surface area (Å²) in [6, 6.07) is 9.93. The lowest BCUT2D eigenvalue weighted by atomic mass is 10.2. The highest BCUT2D eigenvalue weighted by molar-refractivity contribution is 6.31. The van der Waals surface area contributed by atoms with Crippen LogP contribution < -0.4 is 15.8 Å². The molecule has 0 fully saturated rings. The third-order valence-corrected chi connectivity index (χ3v) is 2.90. The minimum absolute atomic E-state index is 0.151. The third-order valence-electron chi connectivity index (χ3n) is 2.67. The van der Waals surface area contributed by atoms with Gasteiger partial charge in [-0.2, -0.15) is 0 Å². The summed E-state index contributed by atoms with van der Waals surface area (Å²) in [6.07, 6.45) is 0. The SMILES string of the molecule is NC(=O)COc1ccc(NC(=O)c2cc(Cl)ccc2F)cc1. The normalized spacial score (nSPS) is 10.1. The molecule has 7 heteroatoms. The maximum atomic E-state index is 13.6. The van der Waals surface area contributed by atoms with Gasteiger partial charge in [-0.1, -0.05) is 11.6 Å². The second kappa shape index (κ2) is 6.91. The van der Waals surface area contributed by atoms with E-state index in [9.17, 15) is 14.0 Å². The van der Waals surface area contributed by atoms with E-state index in [2.05, 4.69) is 5.32 Å². The van der Waals surface area contributed by atoms with Crippen LogP contribution in [0.1, 0.15) is 10.4 Å². The van der Waals surface area contributed by atoms with E-state index in [1.54, 1.807) is 24.3 Å². The maximum Gasteiger partial charge on any atom is 0.258 e. The zero-order chi connectivity index (χ0) is 16.1.